The van der Waals surface area contributed by atoms with Crippen LogP contribution < -0.4 is 20.8 Å². The lowest BCUT2D eigenvalue weighted by molar-refractivity contribution is -0.117. The number of pyridine rings is 1. The molecule has 1 aromatic carbocycles. The molecule has 2 heterocycles. The summed E-state index contributed by atoms with van der Waals surface area (Å²) in [5.41, 5.74) is 1.92. The van der Waals surface area contributed by atoms with Gasteiger partial charge in [0.2, 0.25) is 5.91 Å². The van der Waals surface area contributed by atoms with Gasteiger partial charge < -0.3 is 15.9 Å². The second kappa shape index (κ2) is 11.4. The van der Waals surface area contributed by atoms with Crippen LogP contribution in [0.2, 0.25) is 5.02 Å². The molecule has 1 unspecified atom stereocenters. The highest BCUT2D eigenvalue weighted by Crippen LogP contribution is 2.45. The van der Waals surface area contributed by atoms with Gasteiger partial charge in [0.25, 0.3) is 5.91 Å². The number of carbonyl (C=O) groups is 2. The molecule has 1 aliphatic carbocycles. The van der Waals surface area contributed by atoms with Gasteiger partial charge in [0.1, 0.15) is 0 Å². The molecule has 3 N–H and O–H groups in total. The summed E-state index contributed by atoms with van der Waals surface area (Å²) in [5.74, 6) is 6.32. The van der Waals surface area contributed by atoms with Crippen molar-refractivity contribution in [3.05, 3.63) is 52.2 Å². The van der Waals surface area contributed by atoms with Gasteiger partial charge in [-0.05, 0) is 66.5 Å². The third-order valence-electron chi connectivity index (χ3n) is 7.40. The lowest BCUT2D eigenvalue weighted by Crippen LogP contribution is -2.53. The number of carbonyl (C=O) groups excluding carboxylic acids is 2. The van der Waals surface area contributed by atoms with E-state index in [1.807, 2.05) is 19.9 Å². The first-order chi connectivity index (χ1) is 18.6. The summed E-state index contributed by atoms with van der Waals surface area (Å²) in [6.07, 6.45) is 4.77. The van der Waals surface area contributed by atoms with Gasteiger partial charge >= 0.3 is 0 Å². The molecule has 1 saturated heterocycles. The van der Waals surface area contributed by atoms with Gasteiger partial charge in [-0.15, -0.1) is 0 Å². The number of hydrogen-bond acceptors (Lipinski definition) is 8. The number of nitrogens with one attached hydrogen (secondary N) is 1. The quantitative estimate of drug-likeness (QED) is 0.292. The highest BCUT2D eigenvalue weighted by Gasteiger charge is 2.44. The molecule has 1 saturated carbocycles. The number of nitriles is 1. The maximum absolute atomic E-state index is 12.8. The zero-order valence-corrected chi connectivity index (χ0v) is 23.2. The molecular weight excluding hydrogens is 518 g/mol. The predicted molar refractivity (Wildman–Crippen MR) is 150 cm³/mol. The standard InChI is InChI=1S/C28H32ClN7O3/c1-16-7-25(37)36(15-16)26-24(39-4)8-19(13-33-26)17(2)32-14-23(35-31)27(38)34-21-10-28(3,11-21)22-9-20(29)6-5-18(22)12-30/h5-6,8-9,13-14,16-17,21H,7,10-11,15,31H2,1-4H3,(H,34,38)/t16-,17?,21?,28?/m1/s1. The Morgan fingerprint density at radius 2 is 2.15 bits per heavy atom. The SMILES string of the molecule is COc1cc(C(C)N=CC(=NN)C(=O)NC2CC(C)(c3cc(Cl)ccc3C#N)C2)cnc1N1C[C@H](C)CC1=O. The Morgan fingerprint density at radius 1 is 1.41 bits per heavy atom. The van der Waals surface area contributed by atoms with Gasteiger partial charge in [-0.2, -0.15) is 10.4 Å². The van der Waals surface area contributed by atoms with E-state index >= 15 is 0 Å². The number of hydrazone groups is 1. The number of hydrogen-bond donors (Lipinski definition) is 2. The number of amides is 2. The molecule has 4 rings (SSSR count). The van der Waals surface area contributed by atoms with Crippen LogP contribution >= 0.6 is 11.6 Å². The molecule has 39 heavy (non-hydrogen) atoms. The number of aliphatic imine (C=N–C) groups is 1. The van der Waals surface area contributed by atoms with Crippen molar-refractivity contribution in [3.63, 3.8) is 0 Å². The topological polar surface area (TPSA) is 146 Å². The molecule has 0 bridgehead atoms. The van der Waals surface area contributed by atoms with Gasteiger partial charge in [-0.1, -0.05) is 25.4 Å². The van der Waals surface area contributed by atoms with Crippen molar-refractivity contribution >= 4 is 41.2 Å². The smallest absolute Gasteiger partial charge is 0.273 e. The van der Waals surface area contributed by atoms with Crippen LogP contribution in [0.1, 0.15) is 62.8 Å². The van der Waals surface area contributed by atoms with Gasteiger partial charge in [-0.25, -0.2) is 4.98 Å². The molecule has 0 spiro atoms. The molecule has 2 amide bonds. The number of halogens is 1. The van der Waals surface area contributed by atoms with Crippen LogP contribution in [-0.4, -0.2) is 48.4 Å². The van der Waals surface area contributed by atoms with E-state index in [0.717, 1.165) is 11.1 Å². The van der Waals surface area contributed by atoms with Crippen molar-refractivity contribution in [2.45, 2.75) is 57.5 Å². The largest absolute Gasteiger partial charge is 0.493 e. The van der Waals surface area contributed by atoms with Gasteiger partial charge in [0, 0.05) is 30.2 Å². The zero-order valence-electron chi connectivity index (χ0n) is 22.4. The first-order valence-electron chi connectivity index (χ1n) is 12.7. The Hall–Kier alpha value is -3.97. The number of nitrogens with two attached hydrogens (primary N) is 1. The third-order valence-corrected chi connectivity index (χ3v) is 7.64. The van der Waals surface area contributed by atoms with Crippen LogP contribution in [0.4, 0.5) is 5.82 Å². The van der Waals surface area contributed by atoms with Crippen molar-refractivity contribution in [3.8, 4) is 11.8 Å². The molecule has 10 nitrogen and oxygen atoms in total. The maximum atomic E-state index is 12.8. The molecule has 2 fully saturated rings. The van der Waals surface area contributed by atoms with Crippen molar-refractivity contribution in [1.82, 2.24) is 10.3 Å². The minimum Gasteiger partial charge on any atom is -0.493 e. The average Bonchev–Trinajstić information content (AvgIpc) is 3.24. The molecule has 1 aromatic heterocycles. The molecule has 2 atom stereocenters. The molecule has 2 aliphatic rings. The van der Waals surface area contributed by atoms with Crippen molar-refractivity contribution in [2.24, 2.45) is 21.9 Å². The van der Waals surface area contributed by atoms with Crippen molar-refractivity contribution in [2.75, 3.05) is 18.6 Å². The summed E-state index contributed by atoms with van der Waals surface area (Å²) >= 11 is 6.16. The van der Waals surface area contributed by atoms with Gasteiger partial charge in [-0.3, -0.25) is 19.5 Å². The first-order valence-corrected chi connectivity index (χ1v) is 13.1. The van der Waals surface area contributed by atoms with Crippen LogP contribution in [0.15, 0.2) is 40.6 Å². The second-order valence-corrected chi connectivity index (χ2v) is 11.0. The molecule has 204 valence electrons. The summed E-state index contributed by atoms with van der Waals surface area (Å²) in [7, 11) is 1.53. The molecule has 2 aromatic rings. The summed E-state index contributed by atoms with van der Waals surface area (Å²) in [6.45, 7) is 6.52. The summed E-state index contributed by atoms with van der Waals surface area (Å²) < 4.78 is 5.51. The summed E-state index contributed by atoms with van der Waals surface area (Å²) in [6, 6.07) is 8.77. The van der Waals surface area contributed by atoms with E-state index in [1.165, 1.54) is 13.3 Å². The number of nitrogens with zero attached hydrogens (tertiary/aromatic N) is 5. The molecule has 11 heteroatoms. The fourth-order valence-electron chi connectivity index (χ4n) is 5.27. The maximum Gasteiger partial charge on any atom is 0.273 e. The Balaban J connectivity index is 1.39. The fourth-order valence-corrected chi connectivity index (χ4v) is 5.44. The van der Waals surface area contributed by atoms with E-state index in [1.54, 1.807) is 29.3 Å². The van der Waals surface area contributed by atoms with Crippen LogP contribution in [0.5, 0.6) is 5.75 Å². The van der Waals surface area contributed by atoms with Crippen LogP contribution in [-0.2, 0) is 15.0 Å². The Kier molecular flexibility index (Phi) is 8.21. The van der Waals surface area contributed by atoms with E-state index in [2.05, 4.69) is 33.4 Å². The van der Waals surface area contributed by atoms with Crippen LogP contribution in [0.25, 0.3) is 0 Å². The van der Waals surface area contributed by atoms with Crippen molar-refractivity contribution < 1.29 is 14.3 Å². The number of anilines is 1. The Morgan fingerprint density at radius 3 is 2.77 bits per heavy atom. The number of methoxy groups -OCH3 is 1. The van der Waals surface area contributed by atoms with E-state index in [-0.39, 0.29) is 35.0 Å². The van der Waals surface area contributed by atoms with Crippen LogP contribution in [0, 0.1) is 17.2 Å². The van der Waals surface area contributed by atoms with Crippen molar-refractivity contribution in [1.29, 1.82) is 5.26 Å². The molecular formula is C28H32ClN7O3. The third kappa shape index (κ3) is 5.88. The van der Waals surface area contributed by atoms with E-state index in [0.29, 0.717) is 48.0 Å². The number of benzene rings is 1. The first kappa shape index (κ1) is 28.0. The summed E-state index contributed by atoms with van der Waals surface area (Å²) in [5, 5.41) is 16.6. The van der Waals surface area contributed by atoms with Gasteiger partial charge in [0.15, 0.2) is 17.3 Å². The monoisotopic (exact) mass is 549 g/mol. The lowest BCUT2D eigenvalue weighted by atomic mass is 9.62. The normalized spacial score (nSPS) is 23.8. The fraction of sp³-hybridized carbons (Fsp3) is 0.429. The predicted octanol–water partition coefficient (Wildman–Crippen LogP) is 3.67. The Bertz CT molecular complexity index is 1380. The second-order valence-electron chi connectivity index (χ2n) is 10.5. The minimum absolute atomic E-state index is 0.0101. The zero-order chi connectivity index (χ0) is 28.3. The Labute approximate surface area is 232 Å². The molecule has 1 aliphatic heterocycles. The van der Waals surface area contributed by atoms with E-state index in [9.17, 15) is 14.9 Å². The number of rotatable bonds is 8. The minimum atomic E-state index is -0.431. The van der Waals surface area contributed by atoms with Gasteiger partial charge in [0.05, 0.1) is 31.0 Å². The highest BCUT2D eigenvalue weighted by atomic mass is 35.5. The van der Waals surface area contributed by atoms with E-state index in [4.69, 9.17) is 22.2 Å². The molecule has 0 radical (unpaired) electrons. The van der Waals surface area contributed by atoms with E-state index < -0.39 is 5.91 Å². The lowest BCUT2D eigenvalue weighted by Gasteiger charge is -2.46. The summed E-state index contributed by atoms with van der Waals surface area (Å²) in [4.78, 5) is 35.7. The highest BCUT2D eigenvalue weighted by molar-refractivity contribution is 6.60. The number of aromatic nitrogens is 1. The number of ether oxygens (including phenoxy) is 1. The average molecular weight is 550 g/mol. The van der Waals surface area contributed by atoms with Crippen LogP contribution in [0.3, 0.4) is 0 Å².